The van der Waals surface area contributed by atoms with Gasteiger partial charge in [-0.25, -0.2) is 4.99 Å². The van der Waals surface area contributed by atoms with Gasteiger partial charge in [0.2, 0.25) is 5.96 Å². The van der Waals surface area contributed by atoms with Crippen LogP contribution in [0, 0.1) is 11.3 Å². The van der Waals surface area contributed by atoms with E-state index in [2.05, 4.69) is 32.1 Å². The third-order valence-electron chi connectivity index (χ3n) is 2.62. The van der Waals surface area contributed by atoms with Gasteiger partial charge in [-0.05, 0) is 32.9 Å². The zero-order valence-corrected chi connectivity index (χ0v) is 9.45. The number of allylic oxidation sites excluding steroid dienone is 1. The average Bonchev–Trinajstić information content (AvgIpc) is 2.18. The molecule has 0 bridgehead atoms. The summed E-state index contributed by atoms with van der Waals surface area (Å²) in [6.45, 7) is 14.2. The molecule has 0 aliphatic heterocycles. The Morgan fingerprint density at radius 3 is 2.50 bits per heavy atom. The van der Waals surface area contributed by atoms with Crippen molar-refractivity contribution >= 4 is 12.7 Å². The number of hydrogen-bond donors (Lipinski definition) is 1. The van der Waals surface area contributed by atoms with Crippen LogP contribution in [-0.4, -0.2) is 30.2 Å². The minimum Gasteiger partial charge on any atom is -0.339 e. The van der Waals surface area contributed by atoms with Gasteiger partial charge in [0.1, 0.15) is 0 Å². The van der Waals surface area contributed by atoms with Gasteiger partial charge in [-0.2, -0.15) is 0 Å². The number of nitrogens with one attached hydrogen (secondary N) is 1. The number of nitrogens with zero attached hydrogens (tertiary/aromatic N) is 2. The number of hydrogen-bond acceptors (Lipinski definition) is 1. The van der Waals surface area contributed by atoms with Crippen LogP contribution in [0.3, 0.4) is 0 Å². The minimum atomic E-state index is 0.260. The van der Waals surface area contributed by atoms with Crippen molar-refractivity contribution in [1.29, 1.82) is 5.41 Å². The molecule has 0 radical (unpaired) electrons. The Labute approximate surface area is 87.0 Å². The number of guanidine groups is 1. The van der Waals surface area contributed by atoms with Crippen molar-refractivity contribution in [3.8, 4) is 0 Å². The molecule has 14 heavy (non-hydrogen) atoms. The van der Waals surface area contributed by atoms with Crippen LogP contribution in [0.2, 0.25) is 0 Å². The summed E-state index contributed by atoms with van der Waals surface area (Å²) in [6.07, 6.45) is 2.88. The zero-order valence-electron chi connectivity index (χ0n) is 9.45. The molecule has 0 aliphatic carbocycles. The van der Waals surface area contributed by atoms with Crippen molar-refractivity contribution in [1.82, 2.24) is 4.90 Å². The molecule has 0 aromatic rings. The lowest BCUT2D eigenvalue weighted by Gasteiger charge is -2.32. The SMILES string of the molecule is C=CC[C@@H](C)C(C)N(CC)C(=N)N=C. The molecule has 0 saturated carbocycles. The number of rotatable bonds is 5. The van der Waals surface area contributed by atoms with Gasteiger partial charge in [0, 0.05) is 12.6 Å². The third kappa shape index (κ3) is 3.32. The maximum absolute atomic E-state index is 7.62. The second-order valence-electron chi connectivity index (χ2n) is 3.51. The molecule has 0 aliphatic rings. The highest BCUT2D eigenvalue weighted by atomic mass is 15.3. The maximum atomic E-state index is 7.62. The highest BCUT2D eigenvalue weighted by Gasteiger charge is 2.19. The molecule has 0 spiro atoms. The fourth-order valence-electron chi connectivity index (χ4n) is 1.49. The van der Waals surface area contributed by atoms with Crippen LogP contribution in [-0.2, 0) is 0 Å². The number of aliphatic imine (C=N–C) groups is 1. The van der Waals surface area contributed by atoms with Crippen LogP contribution in [0.15, 0.2) is 17.6 Å². The first-order valence-electron chi connectivity index (χ1n) is 5.01. The molecule has 0 heterocycles. The standard InChI is InChI=1S/C11H21N3/c1-6-8-9(3)10(4)14(7-2)11(12)13-5/h6,9-10,12H,1,5,7-8H2,2-4H3/t9-,10?/m1/s1. The molecule has 1 N–H and O–H groups in total. The molecular formula is C11H21N3. The van der Waals surface area contributed by atoms with Gasteiger partial charge in [0.15, 0.2) is 0 Å². The van der Waals surface area contributed by atoms with E-state index in [4.69, 9.17) is 5.41 Å². The van der Waals surface area contributed by atoms with Gasteiger partial charge >= 0.3 is 0 Å². The Morgan fingerprint density at radius 2 is 2.14 bits per heavy atom. The summed E-state index contributed by atoms with van der Waals surface area (Å²) in [7, 11) is 0. The second-order valence-corrected chi connectivity index (χ2v) is 3.51. The molecule has 1 unspecified atom stereocenters. The molecule has 0 saturated heterocycles. The van der Waals surface area contributed by atoms with Gasteiger partial charge in [-0.15, -0.1) is 6.58 Å². The van der Waals surface area contributed by atoms with Crippen LogP contribution in [0.5, 0.6) is 0 Å². The molecule has 0 aromatic carbocycles. The van der Waals surface area contributed by atoms with Gasteiger partial charge in [-0.3, -0.25) is 5.41 Å². The predicted octanol–water partition coefficient (Wildman–Crippen LogP) is 2.54. The quantitative estimate of drug-likeness (QED) is 0.409. The van der Waals surface area contributed by atoms with Crippen molar-refractivity contribution in [2.75, 3.05) is 6.54 Å². The topological polar surface area (TPSA) is 39.5 Å². The van der Waals surface area contributed by atoms with E-state index in [1.165, 1.54) is 0 Å². The fraction of sp³-hybridized carbons (Fsp3) is 0.636. The molecule has 0 fully saturated rings. The van der Waals surface area contributed by atoms with Crippen LogP contribution < -0.4 is 0 Å². The van der Waals surface area contributed by atoms with E-state index in [-0.39, 0.29) is 5.96 Å². The molecule has 2 atom stereocenters. The zero-order chi connectivity index (χ0) is 11.1. The lowest BCUT2D eigenvalue weighted by atomic mass is 9.98. The van der Waals surface area contributed by atoms with Gasteiger partial charge in [0.25, 0.3) is 0 Å². The molecule has 80 valence electrons. The lowest BCUT2D eigenvalue weighted by Crippen LogP contribution is -2.40. The minimum absolute atomic E-state index is 0.260. The van der Waals surface area contributed by atoms with Crippen molar-refractivity contribution in [2.24, 2.45) is 10.9 Å². The summed E-state index contributed by atoms with van der Waals surface area (Å²) >= 11 is 0. The molecule has 0 aromatic heterocycles. The smallest absolute Gasteiger partial charge is 0.217 e. The van der Waals surface area contributed by atoms with Crippen LogP contribution in [0.25, 0.3) is 0 Å². The van der Waals surface area contributed by atoms with E-state index >= 15 is 0 Å². The van der Waals surface area contributed by atoms with Crippen molar-refractivity contribution < 1.29 is 0 Å². The lowest BCUT2D eigenvalue weighted by molar-refractivity contribution is 0.261. The molecule has 0 rings (SSSR count). The Morgan fingerprint density at radius 1 is 1.57 bits per heavy atom. The first-order valence-corrected chi connectivity index (χ1v) is 5.01. The summed E-state index contributed by atoms with van der Waals surface area (Å²) in [5.74, 6) is 0.741. The molecule has 0 amide bonds. The van der Waals surface area contributed by atoms with Gasteiger partial charge < -0.3 is 4.90 Å². The van der Waals surface area contributed by atoms with Crippen molar-refractivity contribution in [3.63, 3.8) is 0 Å². The Balaban J connectivity index is 4.43. The van der Waals surface area contributed by atoms with E-state index in [1.807, 2.05) is 17.9 Å². The average molecular weight is 195 g/mol. The van der Waals surface area contributed by atoms with E-state index < -0.39 is 0 Å². The van der Waals surface area contributed by atoms with Gasteiger partial charge in [0.05, 0.1) is 0 Å². The monoisotopic (exact) mass is 195 g/mol. The Kier molecular flexibility index (Phi) is 5.84. The largest absolute Gasteiger partial charge is 0.339 e. The first kappa shape index (κ1) is 12.9. The molecule has 3 nitrogen and oxygen atoms in total. The van der Waals surface area contributed by atoms with Crippen molar-refractivity contribution in [2.45, 2.75) is 33.2 Å². The maximum Gasteiger partial charge on any atom is 0.217 e. The summed E-state index contributed by atoms with van der Waals surface area (Å²) in [5, 5.41) is 7.62. The van der Waals surface area contributed by atoms with E-state index in [0.29, 0.717) is 12.0 Å². The van der Waals surface area contributed by atoms with Crippen LogP contribution >= 0.6 is 0 Å². The van der Waals surface area contributed by atoms with E-state index in [0.717, 1.165) is 13.0 Å². The Hall–Kier alpha value is -1.12. The molecule has 3 heteroatoms. The third-order valence-corrected chi connectivity index (χ3v) is 2.62. The predicted molar refractivity (Wildman–Crippen MR) is 63.1 cm³/mol. The normalized spacial score (nSPS) is 14.2. The van der Waals surface area contributed by atoms with Crippen LogP contribution in [0.1, 0.15) is 27.2 Å². The summed E-state index contributed by atoms with van der Waals surface area (Å²) in [6, 6.07) is 0.302. The first-order chi connectivity index (χ1) is 6.58. The van der Waals surface area contributed by atoms with E-state index in [1.54, 1.807) is 0 Å². The van der Waals surface area contributed by atoms with Crippen molar-refractivity contribution in [3.05, 3.63) is 12.7 Å². The summed E-state index contributed by atoms with van der Waals surface area (Å²) in [5.41, 5.74) is 0. The highest BCUT2D eigenvalue weighted by Crippen LogP contribution is 2.15. The summed E-state index contributed by atoms with van der Waals surface area (Å²) in [4.78, 5) is 5.60. The van der Waals surface area contributed by atoms with Gasteiger partial charge in [-0.1, -0.05) is 13.0 Å². The summed E-state index contributed by atoms with van der Waals surface area (Å²) < 4.78 is 0. The highest BCUT2D eigenvalue weighted by molar-refractivity contribution is 5.81. The fourth-order valence-corrected chi connectivity index (χ4v) is 1.49. The van der Waals surface area contributed by atoms with E-state index in [9.17, 15) is 0 Å². The second kappa shape index (κ2) is 6.35. The van der Waals surface area contributed by atoms with Crippen LogP contribution in [0.4, 0.5) is 0 Å². The Bertz CT molecular complexity index is 211. The molecular weight excluding hydrogens is 174 g/mol.